The molecule has 0 aliphatic heterocycles. The van der Waals surface area contributed by atoms with Crippen molar-refractivity contribution in [1.82, 2.24) is 9.97 Å². The summed E-state index contributed by atoms with van der Waals surface area (Å²) in [6.07, 6.45) is 1.71. The molecule has 1 rings (SSSR count). The SMILES string of the molecule is CCNc1nc(C(C)(C)C)nc(NCCS(C)=O)c1C. The molecule has 1 aromatic heterocycles. The summed E-state index contributed by atoms with van der Waals surface area (Å²) in [5.41, 5.74) is 0.892. The summed E-state index contributed by atoms with van der Waals surface area (Å²) >= 11 is 0. The van der Waals surface area contributed by atoms with Gasteiger partial charge in [-0.15, -0.1) is 0 Å². The van der Waals surface area contributed by atoms with Crippen molar-refractivity contribution >= 4 is 22.4 Å². The zero-order valence-corrected chi connectivity index (χ0v) is 14.1. The molecule has 114 valence electrons. The predicted octanol–water partition coefficient (Wildman–Crippen LogP) is 2.30. The number of aromatic nitrogens is 2. The molecule has 1 unspecified atom stereocenters. The Balaban J connectivity index is 3.07. The lowest BCUT2D eigenvalue weighted by molar-refractivity contribution is 0.546. The largest absolute Gasteiger partial charge is 0.370 e. The van der Waals surface area contributed by atoms with Crippen molar-refractivity contribution in [2.45, 2.75) is 40.0 Å². The van der Waals surface area contributed by atoms with E-state index in [1.165, 1.54) is 0 Å². The average molecular weight is 298 g/mol. The Morgan fingerprint density at radius 3 is 2.15 bits per heavy atom. The van der Waals surface area contributed by atoms with Crippen LogP contribution in [0.25, 0.3) is 0 Å². The van der Waals surface area contributed by atoms with E-state index >= 15 is 0 Å². The van der Waals surface area contributed by atoms with Gasteiger partial charge in [-0.1, -0.05) is 20.8 Å². The van der Waals surface area contributed by atoms with Crippen LogP contribution < -0.4 is 10.6 Å². The molecule has 1 atom stereocenters. The molecule has 0 saturated carbocycles. The van der Waals surface area contributed by atoms with Crippen LogP contribution in [0, 0.1) is 6.92 Å². The van der Waals surface area contributed by atoms with Crippen molar-refractivity contribution < 1.29 is 4.21 Å². The fourth-order valence-corrected chi connectivity index (χ4v) is 2.07. The molecule has 20 heavy (non-hydrogen) atoms. The van der Waals surface area contributed by atoms with E-state index in [9.17, 15) is 4.21 Å². The van der Waals surface area contributed by atoms with Gasteiger partial charge in [0.05, 0.1) is 0 Å². The maximum atomic E-state index is 11.1. The molecule has 6 heteroatoms. The van der Waals surface area contributed by atoms with Gasteiger partial charge in [0.15, 0.2) is 0 Å². The molecule has 1 aromatic rings. The Bertz CT molecular complexity index is 483. The first-order chi connectivity index (χ1) is 9.25. The van der Waals surface area contributed by atoms with E-state index in [1.807, 2.05) is 13.8 Å². The first-order valence-corrected chi connectivity index (χ1v) is 8.65. The number of hydrogen-bond acceptors (Lipinski definition) is 5. The lowest BCUT2D eigenvalue weighted by Gasteiger charge is -2.21. The van der Waals surface area contributed by atoms with Gasteiger partial charge in [0, 0.05) is 46.9 Å². The number of nitrogens with zero attached hydrogens (tertiary/aromatic N) is 2. The summed E-state index contributed by atoms with van der Waals surface area (Å²) < 4.78 is 11.1. The van der Waals surface area contributed by atoms with E-state index in [4.69, 9.17) is 0 Å². The minimum atomic E-state index is -0.799. The van der Waals surface area contributed by atoms with Crippen LogP contribution in [-0.2, 0) is 16.2 Å². The third-order valence-electron chi connectivity index (χ3n) is 2.84. The van der Waals surface area contributed by atoms with Crippen LogP contribution in [-0.4, -0.2) is 39.3 Å². The summed E-state index contributed by atoms with van der Waals surface area (Å²) in [4.78, 5) is 9.24. The van der Waals surface area contributed by atoms with Gasteiger partial charge in [-0.25, -0.2) is 9.97 Å². The molecular formula is C14H26N4OS. The van der Waals surface area contributed by atoms with E-state index in [2.05, 4.69) is 41.4 Å². The average Bonchev–Trinajstić information content (AvgIpc) is 2.32. The highest BCUT2D eigenvalue weighted by molar-refractivity contribution is 7.84. The van der Waals surface area contributed by atoms with Crippen molar-refractivity contribution in [3.05, 3.63) is 11.4 Å². The summed E-state index contributed by atoms with van der Waals surface area (Å²) in [6.45, 7) is 11.8. The molecule has 0 aliphatic carbocycles. The Hall–Kier alpha value is -1.17. The summed E-state index contributed by atoms with van der Waals surface area (Å²) in [7, 11) is -0.799. The van der Waals surface area contributed by atoms with Gasteiger partial charge in [-0.3, -0.25) is 4.21 Å². The second-order valence-corrected chi connectivity index (χ2v) is 7.41. The third kappa shape index (κ3) is 4.74. The standard InChI is InChI=1S/C14H26N4OS/c1-7-15-11-10(2)12(16-8-9-20(6)19)18-13(17-11)14(3,4)5/h7-9H2,1-6H3,(H2,15,16,17,18). The Morgan fingerprint density at radius 1 is 1.15 bits per heavy atom. The van der Waals surface area contributed by atoms with Gasteiger partial charge >= 0.3 is 0 Å². The summed E-state index contributed by atoms with van der Waals surface area (Å²) in [6, 6.07) is 0. The van der Waals surface area contributed by atoms with Crippen molar-refractivity contribution in [2.24, 2.45) is 0 Å². The second kappa shape index (κ2) is 7.02. The van der Waals surface area contributed by atoms with E-state index in [-0.39, 0.29) is 5.41 Å². The topological polar surface area (TPSA) is 66.9 Å². The Kier molecular flexibility index (Phi) is 5.92. The van der Waals surface area contributed by atoms with Gasteiger partial charge in [0.1, 0.15) is 17.5 Å². The molecule has 1 heterocycles. The van der Waals surface area contributed by atoms with Gasteiger partial charge in [0.2, 0.25) is 0 Å². The van der Waals surface area contributed by atoms with Crippen LogP contribution in [0.3, 0.4) is 0 Å². The smallest absolute Gasteiger partial charge is 0.138 e. The highest BCUT2D eigenvalue weighted by Gasteiger charge is 2.20. The van der Waals surface area contributed by atoms with Crippen LogP contribution in [0.2, 0.25) is 0 Å². The molecule has 0 radical (unpaired) electrons. The van der Waals surface area contributed by atoms with Crippen LogP contribution in [0.15, 0.2) is 0 Å². The molecule has 0 aliphatic rings. The molecule has 2 N–H and O–H groups in total. The fraction of sp³-hybridized carbons (Fsp3) is 0.714. The molecule has 0 aromatic carbocycles. The Labute approximate surface area is 124 Å². The zero-order chi connectivity index (χ0) is 15.3. The minimum Gasteiger partial charge on any atom is -0.370 e. The van der Waals surface area contributed by atoms with Crippen molar-refractivity contribution in [3.63, 3.8) is 0 Å². The maximum Gasteiger partial charge on any atom is 0.138 e. The van der Waals surface area contributed by atoms with Crippen molar-refractivity contribution in [2.75, 3.05) is 35.7 Å². The van der Waals surface area contributed by atoms with Gasteiger partial charge in [-0.05, 0) is 13.8 Å². The molecule has 0 saturated heterocycles. The lowest BCUT2D eigenvalue weighted by Crippen LogP contribution is -2.21. The minimum absolute atomic E-state index is 0.109. The highest BCUT2D eigenvalue weighted by atomic mass is 32.2. The number of rotatable bonds is 6. The van der Waals surface area contributed by atoms with E-state index < -0.39 is 10.8 Å². The molecule has 0 fully saturated rings. The normalized spacial score (nSPS) is 13.1. The van der Waals surface area contributed by atoms with Crippen LogP contribution >= 0.6 is 0 Å². The second-order valence-electron chi connectivity index (χ2n) is 5.85. The molecule has 0 spiro atoms. The lowest BCUT2D eigenvalue weighted by atomic mass is 9.95. The molecule has 0 bridgehead atoms. The van der Waals surface area contributed by atoms with Crippen molar-refractivity contribution in [3.8, 4) is 0 Å². The van der Waals surface area contributed by atoms with Gasteiger partial charge in [0.25, 0.3) is 0 Å². The monoisotopic (exact) mass is 298 g/mol. The number of nitrogens with one attached hydrogen (secondary N) is 2. The van der Waals surface area contributed by atoms with E-state index in [0.717, 1.165) is 29.6 Å². The maximum absolute atomic E-state index is 11.1. The predicted molar refractivity (Wildman–Crippen MR) is 87.1 cm³/mol. The molecule has 5 nitrogen and oxygen atoms in total. The van der Waals surface area contributed by atoms with Crippen LogP contribution in [0.5, 0.6) is 0 Å². The van der Waals surface area contributed by atoms with Gasteiger partial charge < -0.3 is 10.6 Å². The Morgan fingerprint density at radius 2 is 1.70 bits per heavy atom. The number of anilines is 2. The number of hydrogen-bond donors (Lipinski definition) is 2. The zero-order valence-electron chi connectivity index (χ0n) is 13.3. The highest BCUT2D eigenvalue weighted by Crippen LogP contribution is 2.26. The first-order valence-electron chi connectivity index (χ1n) is 6.92. The van der Waals surface area contributed by atoms with Crippen molar-refractivity contribution in [1.29, 1.82) is 0 Å². The van der Waals surface area contributed by atoms with E-state index in [0.29, 0.717) is 12.3 Å². The fourth-order valence-electron chi connectivity index (χ4n) is 1.68. The van der Waals surface area contributed by atoms with Gasteiger partial charge in [-0.2, -0.15) is 0 Å². The molecule has 0 amide bonds. The van der Waals surface area contributed by atoms with Crippen LogP contribution in [0.1, 0.15) is 39.1 Å². The quantitative estimate of drug-likeness (QED) is 0.843. The third-order valence-corrected chi connectivity index (χ3v) is 3.62. The summed E-state index contributed by atoms with van der Waals surface area (Å²) in [5, 5.41) is 6.55. The van der Waals surface area contributed by atoms with E-state index in [1.54, 1.807) is 6.26 Å². The summed E-state index contributed by atoms with van der Waals surface area (Å²) in [5.74, 6) is 3.11. The first kappa shape index (κ1) is 16.9. The van der Waals surface area contributed by atoms with Crippen LogP contribution in [0.4, 0.5) is 11.6 Å². The molecular weight excluding hydrogens is 272 g/mol.